The van der Waals surface area contributed by atoms with E-state index in [-0.39, 0.29) is 18.2 Å². The number of carbonyl (C=O) groups excluding carboxylic acids is 1. The fraction of sp³-hybridized carbons (Fsp3) is 0.917. The van der Waals surface area contributed by atoms with E-state index >= 15 is 0 Å². The van der Waals surface area contributed by atoms with Crippen molar-refractivity contribution < 1.29 is 18.0 Å². The molecule has 17 heavy (non-hydrogen) atoms. The van der Waals surface area contributed by atoms with E-state index in [0.29, 0.717) is 5.92 Å². The number of halogens is 3. The second-order valence-electron chi connectivity index (χ2n) is 4.82. The molecule has 1 saturated carbocycles. The molecule has 0 aromatic carbocycles. The summed E-state index contributed by atoms with van der Waals surface area (Å²) in [5.74, 6) is 0.474. The van der Waals surface area contributed by atoms with Gasteiger partial charge in [0.25, 0.3) is 0 Å². The fourth-order valence-corrected chi connectivity index (χ4v) is 2.43. The molecule has 2 unspecified atom stereocenters. The van der Waals surface area contributed by atoms with Gasteiger partial charge in [-0.3, -0.25) is 4.79 Å². The molecule has 0 amide bonds. The first-order chi connectivity index (χ1) is 7.92. The normalized spacial score (nSPS) is 25.9. The highest BCUT2D eigenvalue weighted by atomic mass is 19.4. The van der Waals surface area contributed by atoms with Gasteiger partial charge in [-0.25, -0.2) is 0 Å². The van der Waals surface area contributed by atoms with E-state index < -0.39 is 12.7 Å². The minimum absolute atomic E-state index is 0.0329. The van der Waals surface area contributed by atoms with Crippen LogP contribution in [0.1, 0.15) is 39.0 Å². The number of carbonyl (C=O) groups is 1. The maximum atomic E-state index is 11.9. The summed E-state index contributed by atoms with van der Waals surface area (Å²) in [6.07, 6.45) is 0.676. The number of hydrogen-bond donors (Lipinski definition) is 1. The molecule has 0 aromatic rings. The summed E-state index contributed by atoms with van der Waals surface area (Å²) in [5.41, 5.74) is 0. The molecular formula is C12H20F3NO. The summed E-state index contributed by atoms with van der Waals surface area (Å²) in [4.78, 5) is 11.7. The molecule has 0 aromatic heterocycles. The standard InChI is InChI=1S/C12H20F3NO/c1-2-9-4-3-5-10(6-9)11(17)7-16-8-12(13,14)15/h9-10,16H,2-8H2,1H3. The first kappa shape index (κ1) is 14.5. The first-order valence-corrected chi connectivity index (χ1v) is 6.22. The number of nitrogens with one attached hydrogen (secondary N) is 1. The molecule has 0 radical (unpaired) electrons. The molecule has 0 aliphatic heterocycles. The third-order valence-electron chi connectivity index (χ3n) is 3.44. The van der Waals surface area contributed by atoms with Crippen LogP contribution < -0.4 is 5.32 Å². The molecule has 1 N–H and O–H groups in total. The zero-order chi connectivity index (χ0) is 12.9. The lowest BCUT2D eigenvalue weighted by Gasteiger charge is -2.27. The van der Waals surface area contributed by atoms with Crippen LogP contribution in [0, 0.1) is 11.8 Å². The SMILES string of the molecule is CCC1CCCC(C(=O)CNCC(F)(F)F)C1. The number of hydrogen-bond acceptors (Lipinski definition) is 2. The highest BCUT2D eigenvalue weighted by Crippen LogP contribution is 2.31. The van der Waals surface area contributed by atoms with Gasteiger partial charge in [0.1, 0.15) is 5.78 Å². The second kappa shape index (κ2) is 6.38. The third kappa shape index (κ3) is 5.52. The zero-order valence-corrected chi connectivity index (χ0v) is 10.1. The predicted molar refractivity (Wildman–Crippen MR) is 59.7 cm³/mol. The Hall–Kier alpha value is -0.580. The quantitative estimate of drug-likeness (QED) is 0.814. The maximum absolute atomic E-state index is 11.9. The van der Waals surface area contributed by atoms with Gasteiger partial charge in [-0.15, -0.1) is 0 Å². The van der Waals surface area contributed by atoms with Gasteiger partial charge in [0.15, 0.2) is 0 Å². The van der Waals surface area contributed by atoms with E-state index in [0.717, 1.165) is 32.1 Å². The van der Waals surface area contributed by atoms with E-state index in [1.54, 1.807) is 0 Å². The number of Topliss-reactive ketones (excluding diaryl/α,β-unsaturated/α-hetero) is 1. The lowest BCUT2D eigenvalue weighted by Crippen LogP contribution is -2.36. The van der Waals surface area contributed by atoms with Crippen LogP contribution in [0.15, 0.2) is 0 Å². The average Bonchev–Trinajstić information content (AvgIpc) is 2.27. The first-order valence-electron chi connectivity index (χ1n) is 6.22. The summed E-state index contributed by atoms with van der Waals surface area (Å²) in [6.45, 7) is 0.864. The van der Waals surface area contributed by atoms with E-state index in [1.807, 2.05) is 0 Å². The maximum Gasteiger partial charge on any atom is 0.401 e. The molecular weight excluding hydrogens is 231 g/mol. The summed E-state index contributed by atoms with van der Waals surface area (Å²) < 4.78 is 35.7. The van der Waals surface area contributed by atoms with Crippen molar-refractivity contribution in [3.05, 3.63) is 0 Å². The van der Waals surface area contributed by atoms with E-state index in [2.05, 4.69) is 12.2 Å². The number of rotatable bonds is 5. The second-order valence-corrected chi connectivity index (χ2v) is 4.82. The van der Waals surface area contributed by atoms with E-state index in [1.165, 1.54) is 0 Å². The summed E-state index contributed by atoms with van der Waals surface area (Å²) >= 11 is 0. The molecule has 1 aliphatic carbocycles. The smallest absolute Gasteiger partial charge is 0.302 e. The van der Waals surface area contributed by atoms with Crippen molar-refractivity contribution in [2.24, 2.45) is 11.8 Å². The molecule has 0 heterocycles. The minimum atomic E-state index is -4.24. The monoisotopic (exact) mass is 251 g/mol. The Morgan fingerprint density at radius 1 is 1.35 bits per heavy atom. The van der Waals surface area contributed by atoms with Gasteiger partial charge in [-0.1, -0.05) is 26.2 Å². The van der Waals surface area contributed by atoms with Crippen molar-refractivity contribution in [1.82, 2.24) is 5.32 Å². The predicted octanol–water partition coefficient (Wildman–Crippen LogP) is 2.92. The molecule has 0 saturated heterocycles. The van der Waals surface area contributed by atoms with Crippen LogP contribution in [0.4, 0.5) is 13.2 Å². The van der Waals surface area contributed by atoms with Gasteiger partial charge in [0.05, 0.1) is 13.1 Å². The highest BCUT2D eigenvalue weighted by Gasteiger charge is 2.29. The zero-order valence-electron chi connectivity index (χ0n) is 10.1. The summed E-state index contributed by atoms with van der Waals surface area (Å²) in [6, 6.07) is 0. The molecule has 5 heteroatoms. The van der Waals surface area contributed by atoms with Gasteiger partial charge in [0, 0.05) is 5.92 Å². The largest absolute Gasteiger partial charge is 0.401 e. The molecule has 100 valence electrons. The molecule has 2 atom stereocenters. The summed E-state index contributed by atoms with van der Waals surface area (Å²) in [7, 11) is 0. The van der Waals surface area contributed by atoms with Crippen molar-refractivity contribution >= 4 is 5.78 Å². The Kier molecular flexibility index (Phi) is 5.43. The molecule has 1 fully saturated rings. The van der Waals surface area contributed by atoms with E-state index in [4.69, 9.17) is 0 Å². The van der Waals surface area contributed by atoms with Crippen LogP contribution in [-0.4, -0.2) is 25.0 Å². The van der Waals surface area contributed by atoms with Crippen LogP contribution in [-0.2, 0) is 4.79 Å². The van der Waals surface area contributed by atoms with Crippen molar-refractivity contribution in [2.75, 3.05) is 13.1 Å². The fourth-order valence-electron chi connectivity index (χ4n) is 2.43. The number of ketones is 1. The Labute approximate surface area is 100.0 Å². The lowest BCUT2D eigenvalue weighted by atomic mass is 9.78. The van der Waals surface area contributed by atoms with Gasteiger partial charge >= 0.3 is 6.18 Å². The highest BCUT2D eigenvalue weighted by molar-refractivity contribution is 5.83. The van der Waals surface area contributed by atoms with Crippen molar-refractivity contribution in [2.45, 2.75) is 45.2 Å². The topological polar surface area (TPSA) is 29.1 Å². The number of alkyl halides is 3. The van der Waals surface area contributed by atoms with Gasteiger partial charge in [-0.2, -0.15) is 13.2 Å². The van der Waals surface area contributed by atoms with Gasteiger partial charge < -0.3 is 5.32 Å². The summed E-state index contributed by atoms with van der Waals surface area (Å²) in [5, 5.41) is 2.18. The Bertz CT molecular complexity index is 253. The van der Waals surface area contributed by atoms with Crippen molar-refractivity contribution in [1.29, 1.82) is 0 Å². The lowest BCUT2D eigenvalue weighted by molar-refractivity contribution is -0.129. The van der Waals surface area contributed by atoms with Crippen LogP contribution in [0.3, 0.4) is 0 Å². The van der Waals surface area contributed by atoms with Crippen molar-refractivity contribution in [3.8, 4) is 0 Å². The van der Waals surface area contributed by atoms with Crippen LogP contribution in [0.5, 0.6) is 0 Å². The van der Waals surface area contributed by atoms with Gasteiger partial charge in [0.2, 0.25) is 0 Å². The van der Waals surface area contributed by atoms with E-state index in [9.17, 15) is 18.0 Å². The Morgan fingerprint density at radius 2 is 2.06 bits per heavy atom. The molecule has 1 rings (SSSR count). The van der Waals surface area contributed by atoms with Crippen molar-refractivity contribution in [3.63, 3.8) is 0 Å². The van der Waals surface area contributed by atoms with Gasteiger partial charge in [-0.05, 0) is 18.8 Å². The Balaban J connectivity index is 2.27. The third-order valence-corrected chi connectivity index (χ3v) is 3.44. The molecule has 0 bridgehead atoms. The Morgan fingerprint density at radius 3 is 2.65 bits per heavy atom. The molecule has 1 aliphatic rings. The van der Waals surface area contributed by atoms with Crippen LogP contribution in [0.25, 0.3) is 0 Å². The van der Waals surface area contributed by atoms with Crippen LogP contribution in [0.2, 0.25) is 0 Å². The molecule has 2 nitrogen and oxygen atoms in total. The minimum Gasteiger partial charge on any atom is -0.302 e. The average molecular weight is 251 g/mol. The van der Waals surface area contributed by atoms with Crippen LogP contribution >= 0.6 is 0 Å². The molecule has 0 spiro atoms.